The van der Waals surface area contributed by atoms with Crippen LogP contribution >= 0.6 is 0 Å². The summed E-state index contributed by atoms with van der Waals surface area (Å²) in [4.78, 5) is 23.0. The summed E-state index contributed by atoms with van der Waals surface area (Å²) in [7, 11) is 12.3. The molecule has 0 atom stereocenters. The van der Waals surface area contributed by atoms with Crippen molar-refractivity contribution in [2.75, 3.05) is 59.7 Å². The monoisotopic (exact) mass is 2310 g/mol. The van der Waals surface area contributed by atoms with Crippen molar-refractivity contribution in [1.82, 2.24) is 53.8 Å². The predicted molar refractivity (Wildman–Crippen MR) is 595 cm³/mol. The predicted octanol–water partition coefficient (Wildman–Crippen LogP) is 27.2. The van der Waals surface area contributed by atoms with Gasteiger partial charge < -0.3 is 49.0 Å². The van der Waals surface area contributed by atoms with E-state index in [9.17, 15) is 0 Å². The van der Waals surface area contributed by atoms with Gasteiger partial charge in [-0.3, -0.25) is 9.36 Å². The molecule has 0 aliphatic carbocycles. The second-order valence-electron chi connectivity index (χ2n) is 34.7. The topological polar surface area (TPSA) is 89.7 Å². The average Bonchev–Trinajstić information content (AvgIpc) is 1.65. The largest absolute Gasteiger partial charge is 3.00 e. The Morgan fingerprint density at radius 3 is 0.900 bits per heavy atom. The molecule has 1 radical (unpaired) electrons. The van der Waals surface area contributed by atoms with Gasteiger partial charge in [0.1, 0.15) is 6.20 Å². The van der Waals surface area contributed by atoms with Gasteiger partial charge in [0.15, 0.2) is 5.69 Å². The molecule has 8 heterocycles. The second kappa shape index (κ2) is 55.9. The van der Waals surface area contributed by atoms with E-state index in [1.807, 2.05) is 279 Å². The van der Waals surface area contributed by atoms with Crippen LogP contribution in [0.5, 0.6) is 0 Å². The molecule has 753 valence electrons. The van der Waals surface area contributed by atoms with Crippen molar-refractivity contribution in [1.29, 1.82) is 0 Å². The molecule has 17 nitrogen and oxygen atoms in total. The zero-order valence-corrected chi connectivity index (χ0v) is 91.4. The number of aromatic nitrogens is 7. The van der Waals surface area contributed by atoms with Crippen molar-refractivity contribution in [3.63, 3.8) is 0 Å². The maximum atomic E-state index is 4.37. The molecule has 0 spiro atoms. The fourth-order valence-corrected chi connectivity index (χ4v) is 17.0. The summed E-state index contributed by atoms with van der Waals surface area (Å²) in [5.41, 5.74) is 32.3. The van der Waals surface area contributed by atoms with Gasteiger partial charge in [0.2, 0.25) is 0 Å². The molecule has 0 N–H and O–H groups in total. The fourth-order valence-electron chi connectivity index (χ4n) is 17.0. The van der Waals surface area contributed by atoms with Crippen molar-refractivity contribution >= 4 is 51.2 Å². The van der Waals surface area contributed by atoms with E-state index < -0.39 is 0 Å². The van der Waals surface area contributed by atoms with Crippen LogP contribution < -0.4 is 29.3 Å². The molecule has 24 rings (SSSR count). The van der Waals surface area contributed by atoms with Crippen molar-refractivity contribution in [2.45, 2.75) is 27.7 Å². The molecule has 150 heavy (non-hydrogen) atoms. The first-order valence-corrected chi connectivity index (χ1v) is 48.2. The number of benzene rings is 16. The Morgan fingerprint density at radius 1 is 0.273 bits per heavy atom. The van der Waals surface area contributed by atoms with Gasteiger partial charge in [-0.05, 0) is 178 Å². The fraction of sp³-hybridized carbons (Fsp3) is 0.0775. The van der Waals surface area contributed by atoms with Gasteiger partial charge in [0, 0.05) is 81.6 Å². The number of nitrogens with zero attached hydrogens (tertiary/aromatic N) is 17. The molecular weight excluding hydrogens is 2200 g/mol. The minimum atomic E-state index is 0. The van der Waals surface area contributed by atoms with Crippen LogP contribution in [0.3, 0.4) is 0 Å². The zero-order valence-electron chi connectivity index (χ0n) is 84.9. The number of rotatable bonds is 16. The summed E-state index contributed by atoms with van der Waals surface area (Å²) in [5, 5.41) is 12.6. The van der Waals surface area contributed by atoms with Gasteiger partial charge in [-0.25, -0.2) is 0 Å². The molecule has 0 bridgehead atoms. The van der Waals surface area contributed by atoms with E-state index in [4.69, 9.17) is 0 Å². The Kier molecular flexibility index (Phi) is 41.5. The van der Waals surface area contributed by atoms with Gasteiger partial charge in [0.25, 0.3) is 0 Å². The molecule has 16 aromatic carbocycles. The van der Waals surface area contributed by atoms with E-state index in [-0.39, 0.29) is 77.9 Å². The maximum absolute atomic E-state index is 4.37. The molecule has 21 heteroatoms. The van der Waals surface area contributed by atoms with E-state index >= 15 is 0 Å². The van der Waals surface area contributed by atoms with E-state index in [1.165, 1.54) is 101 Å². The van der Waals surface area contributed by atoms with Crippen molar-refractivity contribution in [3.8, 4) is 61.6 Å². The number of aryl methyl sites for hydroxylation is 3. The van der Waals surface area contributed by atoms with E-state index in [0.29, 0.717) is 0 Å². The van der Waals surface area contributed by atoms with Crippen molar-refractivity contribution < 1.29 is 82.7 Å². The van der Waals surface area contributed by atoms with Crippen LogP contribution in [0.1, 0.15) is 47.5 Å². The van der Waals surface area contributed by atoms with Crippen LogP contribution in [0.25, 0.3) is 84.4 Å². The van der Waals surface area contributed by atoms with Gasteiger partial charge in [-0.2, -0.15) is 262 Å². The molecule has 0 amide bonds. The number of hydrogen-bond donors (Lipinski definition) is 0. The standard InChI is InChI=1S/2C23H20N2.2C22H18N2.C11H11N2.C10H10N2.C9H9N3.C9H7N2.4Rh/c2*1-18-23(24(2)17-25(18)22-11-7-4-8-12-22)21-15-13-20(14-16-21)19-9-5-3-6-10-19;2*1-23-17-24(21-10-6-3-7-11-21)16-22(23)20-14-12-19(13-15-20)18-8-4-2-5-9-18;1-9-8-10(2)13(12-9)11-6-4-3-5-7-11;1-11-7-8-12(9-11)10-5-3-2-4-6-10;1-11-8-7-10-12(11)9-5-3-2-4-6-9;1-2-5-9(6-3-1)11-8-4-7-10-11;;;;/h2*3-11,13-17H,1-2H3;2*2-10,12-17H,1H3;3-6,8H,1-2H3;2-5,7-9H,1H3;2-5,7-8H,1H3;1-5,7-8H;;;;/q4*-2;-1;-2;;-1;;3*+3. The van der Waals surface area contributed by atoms with Crippen LogP contribution in [0, 0.1) is 95.7 Å². The Labute approximate surface area is 936 Å². The summed E-state index contributed by atoms with van der Waals surface area (Å²) in [6, 6.07) is 170. The Morgan fingerprint density at radius 2 is 0.593 bits per heavy atom. The molecule has 3 aromatic heterocycles. The summed E-state index contributed by atoms with van der Waals surface area (Å²) in [5.74, 6) is 0. The summed E-state index contributed by atoms with van der Waals surface area (Å²) >= 11 is 0. The molecule has 5 aliphatic heterocycles. The Balaban J connectivity index is 0.000000145. The number of hydrogen-bond acceptors (Lipinski definition) is 13. The van der Waals surface area contributed by atoms with Crippen LogP contribution in [-0.4, -0.2) is 89.1 Å². The summed E-state index contributed by atoms with van der Waals surface area (Å²) in [6.07, 6.45) is 15.6. The second-order valence-corrected chi connectivity index (χ2v) is 34.7. The molecule has 0 unspecified atom stereocenters. The third-order valence-electron chi connectivity index (χ3n) is 24.3. The van der Waals surface area contributed by atoms with Crippen LogP contribution in [0.15, 0.2) is 486 Å². The normalized spacial score (nSPS) is 12.9. The zero-order chi connectivity index (χ0) is 101. The van der Waals surface area contributed by atoms with Crippen molar-refractivity contribution in [3.05, 3.63) is 601 Å². The van der Waals surface area contributed by atoms with Gasteiger partial charge >= 0.3 is 58.4 Å². The van der Waals surface area contributed by atoms with Crippen molar-refractivity contribution in [2.24, 2.45) is 7.05 Å². The van der Waals surface area contributed by atoms with Gasteiger partial charge in [-0.1, -0.05) is 224 Å². The molecule has 0 saturated carbocycles. The third-order valence-corrected chi connectivity index (χ3v) is 24.3. The van der Waals surface area contributed by atoms with E-state index in [2.05, 4.69) is 409 Å². The SMILES string of the molecule is CC1=C(c2ccc(-c3ccccc3)cc2)N(C)[CH-]N1c1[c-]cccc1.CC1=C(c2ccc(-c3ccccc3)cc2)N(C)[CH-]N1c1[c-]cccc1.CN1C=CN(c2[c-]cccc2)[CH-]1.CN1[CH-]N(c2[c-]cccc2)C=C1c1ccc(-c2ccccc2)cc1.CN1[CH-]N(c2[c-]cccc2)C=C1c1ccc(-c2ccccc2)cc1.Cc1cc(C)n(-c2[c-]cccc2)n1.Cn1ccn[n+]1-c1[c-]cccc1.[Rh+3].[Rh+3].[Rh+3].[Rh].[c-]1ccccc1-n1cccn1. The van der Waals surface area contributed by atoms with Crippen LogP contribution in [-0.2, 0) is 85.0 Å². The molecular formula is C129H113N17Rh4-3. The summed E-state index contributed by atoms with van der Waals surface area (Å²) < 4.78 is 5.57. The minimum absolute atomic E-state index is 0. The molecule has 5 aliphatic rings. The maximum Gasteiger partial charge on any atom is 3.00 e. The van der Waals surface area contributed by atoms with Gasteiger partial charge in [-0.15, -0.1) is 51.3 Å². The molecule has 19 aromatic rings. The number of para-hydroxylation sites is 8. The number of anilines is 5. The first-order chi connectivity index (χ1) is 71.6. The molecule has 0 fully saturated rings. The van der Waals surface area contributed by atoms with Gasteiger partial charge in [0.05, 0.1) is 18.9 Å². The number of allylic oxidation sites excluding steroid dienone is 2. The molecule has 0 saturated heterocycles. The first-order valence-electron chi connectivity index (χ1n) is 48.2. The average molecular weight is 2310 g/mol. The summed E-state index contributed by atoms with van der Waals surface area (Å²) in [6.45, 7) is 18.7. The first kappa shape index (κ1) is 111. The van der Waals surface area contributed by atoms with Crippen LogP contribution in [0.2, 0.25) is 0 Å². The quantitative estimate of drug-likeness (QED) is 0.0523. The smallest absolute Gasteiger partial charge is 0.510 e. The Bertz CT molecular complexity index is 7110. The van der Waals surface area contributed by atoms with E-state index in [0.717, 1.165) is 56.9 Å². The van der Waals surface area contributed by atoms with Crippen LogP contribution in [0.4, 0.5) is 28.4 Å². The minimum Gasteiger partial charge on any atom is -0.510 e. The third kappa shape index (κ3) is 29.4. The van der Waals surface area contributed by atoms with E-state index in [1.54, 1.807) is 21.9 Å². The Hall–Kier alpha value is -15.7.